The molecule has 0 amide bonds. The number of hydrogen-bond acceptors (Lipinski definition) is 6. The van der Waals surface area contributed by atoms with Crippen LogP contribution in [0.3, 0.4) is 0 Å². The molecular weight excluding hydrogens is 370 g/mol. The third kappa shape index (κ3) is 6.05. The maximum absolute atomic E-state index is 11.3. The van der Waals surface area contributed by atoms with Crippen LogP contribution in [-0.2, 0) is 23.2 Å². The number of rotatable bonds is 7. The van der Waals surface area contributed by atoms with E-state index in [0.717, 1.165) is 48.9 Å². The first-order valence-electron chi connectivity index (χ1n) is 8.70. The van der Waals surface area contributed by atoms with Gasteiger partial charge in [-0.3, -0.25) is 4.90 Å². The first-order valence-corrected chi connectivity index (χ1v) is 11.5. The lowest BCUT2D eigenvalue weighted by atomic mass is 10.1. The third-order valence-corrected chi connectivity index (χ3v) is 5.97. The summed E-state index contributed by atoms with van der Waals surface area (Å²) in [7, 11) is -3.12. The van der Waals surface area contributed by atoms with Gasteiger partial charge in [-0.2, -0.15) is 0 Å². The molecule has 142 valence electrons. The maximum atomic E-state index is 11.3. The van der Waals surface area contributed by atoms with Gasteiger partial charge in [-0.1, -0.05) is 17.7 Å². The SMILES string of the molecule is Cc1ccc(OCc2nc(CN3CCC(NS(C)(=O)=O)CC3)cs2)cc1. The average molecular weight is 396 g/mol. The van der Waals surface area contributed by atoms with E-state index in [1.807, 2.05) is 24.3 Å². The number of thiazole rings is 1. The minimum absolute atomic E-state index is 0.0511. The van der Waals surface area contributed by atoms with Crippen molar-refractivity contribution in [3.8, 4) is 5.75 Å². The Balaban J connectivity index is 1.44. The summed E-state index contributed by atoms with van der Waals surface area (Å²) in [4.78, 5) is 6.98. The van der Waals surface area contributed by atoms with Gasteiger partial charge >= 0.3 is 0 Å². The van der Waals surface area contributed by atoms with Crippen LogP contribution >= 0.6 is 11.3 Å². The number of aromatic nitrogens is 1. The lowest BCUT2D eigenvalue weighted by Gasteiger charge is -2.31. The number of sulfonamides is 1. The molecule has 0 bridgehead atoms. The van der Waals surface area contributed by atoms with Crippen LogP contribution in [-0.4, -0.2) is 43.7 Å². The lowest BCUT2D eigenvalue weighted by Crippen LogP contribution is -2.43. The second-order valence-corrected chi connectivity index (χ2v) is 9.50. The fraction of sp³-hybridized carbons (Fsp3) is 0.500. The van der Waals surface area contributed by atoms with E-state index in [2.05, 4.69) is 26.9 Å². The number of nitrogens with one attached hydrogen (secondary N) is 1. The van der Waals surface area contributed by atoms with Crippen LogP contribution in [0.2, 0.25) is 0 Å². The molecule has 1 aromatic heterocycles. The second-order valence-electron chi connectivity index (χ2n) is 6.77. The molecule has 1 saturated heterocycles. The number of hydrogen-bond donors (Lipinski definition) is 1. The van der Waals surface area contributed by atoms with Gasteiger partial charge in [0.25, 0.3) is 0 Å². The fourth-order valence-corrected chi connectivity index (χ4v) is 4.55. The van der Waals surface area contributed by atoms with E-state index in [0.29, 0.717) is 6.61 Å². The van der Waals surface area contributed by atoms with Crippen LogP contribution in [0.5, 0.6) is 5.75 Å². The minimum atomic E-state index is -3.12. The molecule has 0 atom stereocenters. The summed E-state index contributed by atoms with van der Waals surface area (Å²) < 4.78 is 31.1. The van der Waals surface area contributed by atoms with Crippen molar-refractivity contribution in [3.63, 3.8) is 0 Å². The zero-order valence-corrected chi connectivity index (χ0v) is 16.8. The Labute approximate surface area is 159 Å². The molecule has 8 heteroatoms. The van der Waals surface area contributed by atoms with Gasteiger partial charge < -0.3 is 4.74 Å². The summed E-state index contributed by atoms with van der Waals surface area (Å²) in [6.45, 7) is 5.08. The molecule has 1 aliphatic rings. The second kappa shape index (κ2) is 8.47. The number of piperidine rings is 1. The van der Waals surface area contributed by atoms with Gasteiger partial charge in [0.15, 0.2) is 0 Å². The Kier molecular flexibility index (Phi) is 6.29. The summed E-state index contributed by atoms with van der Waals surface area (Å²) in [6.07, 6.45) is 2.88. The molecule has 0 saturated carbocycles. The monoisotopic (exact) mass is 395 g/mol. The third-order valence-electron chi connectivity index (χ3n) is 4.34. The molecule has 2 aromatic rings. The first kappa shape index (κ1) is 19.3. The van der Waals surface area contributed by atoms with Crippen LogP contribution in [0.15, 0.2) is 29.6 Å². The van der Waals surface area contributed by atoms with E-state index in [4.69, 9.17) is 4.74 Å². The number of benzene rings is 1. The topological polar surface area (TPSA) is 71.5 Å². The number of aryl methyl sites for hydroxylation is 1. The van der Waals surface area contributed by atoms with Crippen molar-refractivity contribution in [2.45, 2.75) is 39.0 Å². The number of nitrogens with zero attached hydrogens (tertiary/aromatic N) is 2. The van der Waals surface area contributed by atoms with Gasteiger partial charge in [0.2, 0.25) is 10.0 Å². The Hall–Kier alpha value is -1.48. The van der Waals surface area contributed by atoms with Crippen LogP contribution in [0.25, 0.3) is 0 Å². The molecule has 1 aromatic carbocycles. The van der Waals surface area contributed by atoms with Crippen molar-refractivity contribution in [2.75, 3.05) is 19.3 Å². The van der Waals surface area contributed by atoms with E-state index >= 15 is 0 Å². The quantitative estimate of drug-likeness (QED) is 0.780. The first-order chi connectivity index (χ1) is 12.4. The van der Waals surface area contributed by atoms with Gasteiger partial charge in [-0.05, 0) is 31.9 Å². The predicted molar refractivity (Wildman–Crippen MR) is 104 cm³/mol. The number of likely N-dealkylation sites (tertiary alicyclic amines) is 1. The summed E-state index contributed by atoms with van der Waals surface area (Å²) >= 11 is 1.61. The molecule has 2 heterocycles. The van der Waals surface area contributed by atoms with E-state index in [1.54, 1.807) is 11.3 Å². The summed E-state index contributed by atoms with van der Waals surface area (Å²) in [5.74, 6) is 0.854. The molecule has 0 unspecified atom stereocenters. The Morgan fingerprint density at radius 3 is 2.62 bits per heavy atom. The molecule has 3 rings (SSSR count). The molecular formula is C18H25N3O3S2. The molecule has 1 aliphatic heterocycles. The highest BCUT2D eigenvalue weighted by molar-refractivity contribution is 7.88. The van der Waals surface area contributed by atoms with Gasteiger partial charge in [-0.15, -0.1) is 11.3 Å². The van der Waals surface area contributed by atoms with Crippen LogP contribution < -0.4 is 9.46 Å². The van der Waals surface area contributed by atoms with Crippen molar-refractivity contribution in [2.24, 2.45) is 0 Å². The Morgan fingerprint density at radius 2 is 1.96 bits per heavy atom. The van der Waals surface area contributed by atoms with Crippen molar-refractivity contribution in [1.82, 2.24) is 14.6 Å². The van der Waals surface area contributed by atoms with E-state index < -0.39 is 10.0 Å². The van der Waals surface area contributed by atoms with Gasteiger partial charge in [0.1, 0.15) is 17.4 Å². The summed E-state index contributed by atoms with van der Waals surface area (Å²) in [5, 5.41) is 3.04. The molecule has 1 N–H and O–H groups in total. The van der Waals surface area contributed by atoms with Crippen molar-refractivity contribution < 1.29 is 13.2 Å². The summed E-state index contributed by atoms with van der Waals surface area (Å²) in [5.41, 5.74) is 2.26. The highest BCUT2D eigenvalue weighted by Gasteiger charge is 2.22. The largest absolute Gasteiger partial charge is 0.486 e. The standard InChI is InChI=1S/C18H25N3O3S2/c1-14-3-5-17(6-4-14)24-12-18-19-16(13-25-18)11-21-9-7-15(8-10-21)20-26(2,22)23/h3-6,13,15,20H,7-12H2,1-2H3. The van der Waals surface area contributed by atoms with Crippen molar-refractivity contribution in [3.05, 3.63) is 45.9 Å². The van der Waals surface area contributed by atoms with E-state index in [9.17, 15) is 8.42 Å². The van der Waals surface area contributed by atoms with Crippen molar-refractivity contribution in [1.29, 1.82) is 0 Å². The van der Waals surface area contributed by atoms with Gasteiger partial charge in [0.05, 0.1) is 11.9 Å². The molecule has 0 radical (unpaired) electrons. The molecule has 6 nitrogen and oxygen atoms in total. The van der Waals surface area contributed by atoms with E-state index in [-0.39, 0.29) is 6.04 Å². The highest BCUT2D eigenvalue weighted by atomic mass is 32.2. The lowest BCUT2D eigenvalue weighted by molar-refractivity contribution is 0.198. The average Bonchev–Trinajstić information content (AvgIpc) is 3.02. The zero-order valence-electron chi connectivity index (χ0n) is 15.1. The molecule has 0 spiro atoms. The molecule has 1 fully saturated rings. The fourth-order valence-electron chi connectivity index (χ4n) is 3.01. The van der Waals surface area contributed by atoms with Crippen molar-refractivity contribution >= 4 is 21.4 Å². The summed E-state index contributed by atoms with van der Waals surface area (Å²) in [6, 6.07) is 8.06. The van der Waals surface area contributed by atoms with Crippen LogP contribution in [0.1, 0.15) is 29.1 Å². The predicted octanol–water partition coefficient (Wildman–Crippen LogP) is 2.54. The van der Waals surface area contributed by atoms with E-state index in [1.165, 1.54) is 11.8 Å². The van der Waals surface area contributed by atoms with Crippen LogP contribution in [0, 0.1) is 6.92 Å². The van der Waals surface area contributed by atoms with Crippen LogP contribution in [0.4, 0.5) is 0 Å². The molecule has 0 aliphatic carbocycles. The zero-order chi connectivity index (χ0) is 18.6. The maximum Gasteiger partial charge on any atom is 0.208 e. The smallest absolute Gasteiger partial charge is 0.208 e. The highest BCUT2D eigenvalue weighted by Crippen LogP contribution is 2.18. The van der Waals surface area contributed by atoms with Gasteiger partial charge in [-0.25, -0.2) is 18.1 Å². The number of ether oxygens (including phenoxy) is 1. The Bertz CT molecular complexity index is 810. The molecule has 26 heavy (non-hydrogen) atoms. The normalized spacial score (nSPS) is 16.7. The van der Waals surface area contributed by atoms with Gasteiger partial charge in [0, 0.05) is 31.1 Å². The minimum Gasteiger partial charge on any atom is -0.486 e. The Morgan fingerprint density at radius 1 is 1.27 bits per heavy atom.